The Morgan fingerprint density at radius 2 is 2.17 bits per heavy atom. The van der Waals surface area contributed by atoms with E-state index in [1.165, 1.54) is 12.3 Å². The predicted octanol–water partition coefficient (Wildman–Crippen LogP) is 2.34. The molecule has 0 amide bonds. The molecule has 2 aromatic heterocycles. The molecular formula is C17H17FN4O2. The van der Waals surface area contributed by atoms with Gasteiger partial charge in [-0.15, -0.1) is 0 Å². The number of aliphatic imine (C=N–C) groups is 1. The van der Waals surface area contributed by atoms with E-state index in [9.17, 15) is 4.39 Å². The van der Waals surface area contributed by atoms with Gasteiger partial charge >= 0.3 is 0 Å². The minimum Gasteiger partial charge on any atom is -0.478 e. The minimum atomic E-state index is -0.449. The summed E-state index contributed by atoms with van der Waals surface area (Å²) in [5.74, 6) is 0.369. The number of hydrogen-bond donors (Lipinski definition) is 1. The van der Waals surface area contributed by atoms with E-state index in [0.29, 0.717) is 53.9 Å². The van der Waals surface area contributed by atoms with E-state index >= 15 is 0 Å². The molecule has 6 nitrogen and oxygen atoms in total. The minimum absolute atomic E-state index is 0.350. The van der Waals surface area contributed by atoms with Gasteiger partial charge < -0.3 is 15.2 Å². The van der Waals surface area contributed by atoms with Gasteiger partial charge in [-0.25, -0.2) is 14.4 Å². The molecule has 7 heteroatoms. The molecule has 3 rings (SSSR count). The van der Waals surface area contributed by atoms with Gasteiger partial charge in [-0.05, 0) is 31.3 Å². The molecule has 0 saturated heterocycles. The topological polar surface area (TPSA) is 82.6 Å². The molecule has 0 radical (unpaired) electrons. The number of hydrogen-bond acceptors (Lipinski definition) is 6. The van der Waals surface area contributed by atoms with Crippen molar-refractivity contribution in [2.75, 3.05) is 19.8 Å². The van der Waals surface area contributed by atoms with Crippen molar-refractivity contribution in [2.24, 2.45) is 10.7 Å². The average Bonchev–Trinajstić information content (AvgIpc) is 2.79. The van der Waals surface area contributed by atoms with Gasteiger partial charge in [0, 0.05) is 17.3 Å². The molecule has 124 valence electrons. The van der Waals surface area contributed by atoms with Crippen LogP contribution in [0.25, 0.3) is 11.1 Å². The standard InChI is InChI=1S/C17H17FN4O2/c1-2-23-16-13(8-12(18)10-22-16)11-7-14-15(3-4-19)20-5-6-24-17(14)21-9-11/h3-4,7-10H,2,5-6,19H2,1H3. The number of ether oxygens (including phenoxy) is 2. The molecule has 2 N–H and O–H groups in total. The first-order valence-electron chi connectivity index (χ1n) is 7.57. The Hall–Kier alpha value is -2.96. The molecule has 0 bridgehead atoms. The van der Waals surface area contributed by atoms with Crippen LogP contribution in [0.3, 0.4) is 0 Å². The lowest BCUT2D eigenvalue weighted by Crippen LogP contribution is -2.04. The van der Waals surface area contributed by atoms with E-state index < -0.39 is 5.82 Å². The van der Waals surface area contributed by atoms with Gasteiger partial charge in [-0.1, -0.05) is 0 Å². The third kappa shape index (κ3) is 3.19. The Labute approximate surface area is 138 Å². The fourth-order valence-electron chi connectivity index (χ4n) is 2.41. The van der Waals surface area contributed by atoms with Crippen LogP contribution >= 0.6 is 0 Å². The van der Waals surface area contributed by atoms with E-state index in [1.54, 1.807) is 12.3 Å². The zero-order chi connectivity index (χ0) is 16.9. The van der Waals surface area contributed by atoms with Crippen molar-refractivity contribution >= 4 is 5.71 Å². The van der Waals surface area contributed by atoms with Crippen molar-refractivity contribution in [1.29, 1.82) is 0 Å². The van der Waals surface area contributed by atoms with Crippen molar-refractivity contribution in [2.45, 2.75) is 6.92 Å². The maximum Gasteiger partial charge on any atom is 0.223 e. The molecular weight excluding hydrogens is 311 g/mol. The quantitative estimate of drug-likeness (QED) is 0.931. The summed E-state index contributed by atoms with van der Waals surface area (Å²) >= 11 is 0. The first-order valence-corrected chi connectivity index (χ1v) is 7.57. The van der Waals surface area contributed by atoms with Crippen LogP contribution in [0.5, 0.6) is 11.8 Å². The summed E-state index contributed by atoms with van der Waals surface area (Å²) < 4.78 is 24.7. The molecule has 0 saturated carbocycles. The van der Waals surface area contributed by atoms with Crippen LogP contribution in [0.1, 0.15) is 12.5 Å². The average molecular weight is 328 g/mol. The SMILES string of the molecule is CCOc1ncc(F)cc1-c1cnc2c(c1)C(C=CN)=NCCO2. The van der Waals surface area contributed by atoms with Crippen molar-refractivity contribution in [3.8, 4) is 22.9 Å². The summed E-state index contributed by atoms with van der Waals surface area (Å²) in [5, 5.41) is 0. The summed E-state index contributed by atoms with van der Waals surface area (Å²) in [4.78, 5) is 12.8. The van der Waals surface area contributed by atoms with E-state index in [2.05, 4.69) is 15.0 Å². The zero-order valence-electron chi connectivity index (χ0n) is 13.2. The molecule has 0 atom stereocenters. The van der Waals surface area contributed by atoms with Crippen molar-refractivity contribution in [1.82, 2.24) is 9.97 Å². The monoisotopic (exact) mass is 328 g/mol. The summed E-state index contributed by atoms with van der Waals surface area (Å²) in [5.41, 5.74) is 8.04. The number of halogens is 1. The van der Waals surface area contributed by atoms with Crippen molar-refractivity contribution < 1.29 is 13.9 Å². The number of nitrogens with two attached hydrogens (primary N) is 1. The van der Waals surface area contributed by atoms with Crippen LogP contribution in [0.2, 0.25) is 0 Å². The number of aromatic nitrogens is 2. The predicted molar refractivity (Wildman–Crippen MR) is 88.8 cm³/mol. The van der Waals surface area contributed by atoms with E-state index in [4.69, 9.17) is 15.2 Å². The van der Waals surface area contributed by atoms with Gasteiger partial charge in [0.1, 0.15) is 12.4 Å². The van der Waals surface area contributed by atoms with Gasteiger partial charge in [0.15, 0.2) is 0 Å². The Morgan fingerprint density at radius 1 is 1.29 bits per heavy atom. The highest BCUT2D eigenvalue weighted by atomic mass is 19.1. The Morgan fingerprint density at radius 3 is 2.96 bits per heavy atom. The van der Waals surface area contributed by atoms with Gasteiger partial charge in [-0.2, -0.15) is 0 Å². The zero-order valence-corrected chi connectivity index (χ0v) is 13.2. The largest absolute Gasteiger partial charge is 0.478 e. The maximum atomic E-state index is 13.7. The van der Waals surface area contributed by atoms with Crippen LogP contribution in [0, 0.1) is 5.82 Å². The number of nitrogens with zero attached hydrogens (tertiary/aromatic N) is 3. The van der Waals surface area contributed by atoms with Crippen LogP contribution in [0.4, 0.5) is 4.39 Å². The fourth-order valence-corrected chi connectivity index (χ4v) is 2.41. The van der Waals surface area contributed by atoms with Crippen LogP contribution in [-0.2, 0) is 0 Å². The molecule has 24 heavy (non-hydrogen) atoms. The molecule has 1 aliphatic heterocycles. The fraction of sp³-hybridized carbons (Fsp3) is 0.235. The Bertz CT molecular complexity index is 805. The van der Waals surface area contributed by atoms with Crippen LogP contribution in [-0.4, -0.2) is 35.4 Å². The first kappa shape index (κ1) is 15.9. The summed E-state index contributed by atoms with van der Waals surface area (Å²) in [7, 11) is 0. The van der Waals surface area contributed by atoms with Crippen molar-refractivity contribution in [3.05, 3.63) is 48.2 Å². The van der Waals surface area contributed by atoms with Gasteiger partial charge in [-0.3, -0.25) is 4.99 Å². The molecule has 0 unspecified atom stereocenters. The Balaban J connectivity index is 2.13. The molecule has 0 aliphatic carbocycles. The molecule has 0 fully saturated rings. The van der Waals surface area contributed by atoms with Crippen LogP contribution < -0.4 is 15.2 Å². The lowest BCUT2D eigenvalue weighted by Gasteiger charge is -2.12. The van der Waals surface area contributed by atoms with Crippen molar-refractivity contribution in [3.63, 3.8) is 0 Å². The molecule has 0 aromatic carbocycles. The molecule has 0 spiro atoms. The summed E-state index contributed by atoms with van der Waals surface area (Å²) in [6, 6.07) is 3.19. The highest BCUT2D eigenvalue weighted by Crippen LogP contribution is 2.32. The second-order valence-corrected chi connectivity index (χ2v) is 4.99. The summed E-state index contributed by atoms with van der Waals surface area (Å²) in [6.45, 7) is 3.22. The van der Waals surface area contributed by atoms with E-state index in [1.807, 2.05) is 13.0 Å². The second kappa shape index (κ2) is 7.08. The third-order valence-electron chi connectivity index (χ3n) is 3.40. The second-order valence-electron chi connectivity index (χ2n) is 4.99. The number of allylic oxidation sites excluding steroid dienone is 1. The first-order chi connectivity index (χ1) is 11.7. The third-order valence-corrected chi connectivity index (χ3v) is 3.40. The smallest absolute Gasteiger partial charge is 0.223 e. The van der Waals surface area contributed by atoms with Gasteiger partial charge in [0.05, 0.1) is 30.6 Å². The van der Waals surface area contributed by atoms with E-state index in [0.717, 1.165) is 6.20 Å². The highest BCUT2D eigenvalue weighted by Gasteiger charge is 2.17. The van der Waals surface area contributed by atoms with Crippen LogP contribution in [0.15, 0.2) is 41.8 Å². The highest BCUT2D eigenvalue weighted by molar-refractivity contribution is 6.10. The van der Waals surface area contributed by atoms with E-state index in [-0.39, 0.29) is 0 Å². The number of fused-ring (bicyclic) bond motifs is 1. The van der Waals surface area contributed by atoms with Gasteiger partial charge in [0.25, 0.3) is 0 Å². The molecule has 3 heterocycles. The lowest BCUT2D eigenvalue weighted by molar-refractivity contribution is 0.318. The number of rotatable bonds is 4. The normalized spacial score (nSPS) is 13.8. The van der Waals surface area contributed by atoms with Gasteiger partial charge in [0.2, 0.25) is 11.8 Å². The maximum absolute atomic E-state index is 13.7. The lowest BCUT2D eigenvalue weighted by atomic mass is 10.0. The Kier molecular flexibility index (Phi) is 4.69. The summed E-state index contributed by atoms with van der Waals surface area (Å²) in [6.07, 6.45) is 5.83. The molecule has 2 aromatic rings. The number of pyridine rings is 2. The molecule has 1 aliphatic rings.